The number of hydrogen-bond donors (Lipinski definition) is 0. The molecule has 4 heterocycles. The Morgan fingerprint density at radius 1 is 1.23 bits per heavy atom. The number of hydrogen-bond acceptors (Lipinski definition) is 6. The fraction of sp³-hybridized carbons (Fsp3) is 0.625. The lowest BCUT2D eigenvalue weighted by atomic mass is 10.0. The van der Waals surface area contributed by atoms with Crippen molar-refractivity contribution in [1.29, 1.82) is 0 Å². The predicted octanol–water partition coefficient (Wildman–Crippen LogP) is 2.38. The quantitative estimate of drug-likeness (QED) is 0.850. The number of morpholine rings is 1. The van der Waals surface area contributed by atoms with E-state index in [9.17, 15) is 0 Å². The highest BCUT2D eigenvalue weighted by Crippen LogP contribution is 2.29. The normalized spacial score (nSPS) is 25.0. The summed E-state index contributed by atoms with van der Waals surface area (Å²) in [6.07, 6.45) is 4.49. The van der Waals surface area contributed by atoms with Crippen molar-refractivity contribution in [2.75, 3.05) is 37.7 Å². The molecule has 2 saturated heterocycles. The third kappa shape index (κ3) is 2.71. The summed E-state index contributed by atoms with van der Waals surface area (Å²) in [5, 5.41) is 3.30. The van der Waals surface area contributed by atoms with Crippen LogP contribution in [0.1, 0.15) is 19.8 Å². The zero-order valence-electron chi connectivity index (χ0n) is 12.9. The summed E-state index contributed by atoms with van der Waals surface area (Å²) in [6, 6.07) is 2.84. The van der Waals surface area contributed by atoms with Gasteiger partial charge in [0.15, 0.2) is 0 Å². The highest BCUT2D eigenvalue weighted by molar-refractivity contribution is 7.16. The summed E-state index contributed by atoms with van der Waals surface area (Å²) in [6.45, 7) is 7.37. The van der Waals surface area contributed by atoms with Gasteiger partial charge in [-0.2, -0.15) is 0 Å². The number of aromatic nitrogens is 2. The molecule has 0 aromatic carbocycles. The van der Waals surface area contributed by atoms with Crippen LogP contribution in [0.15, 0.2) is 17.8 Å². The summed E-state index contributed by atoms with van der Waals surface area (Å²) in [5.41, 5.74) is 0. The molecular weight excluding hydrogens is 296 g/mol. The molecule has 0 bridgehead atoms. The van der Waals surface area contributed by atoms with Gasteiger partial charge in [-0.25, -0.2) is 9.97 Å². The minimum absolute atomic E-state index is 0.374. The van der Waals surface area contributed by atoms with E-state index in [0.717, 1.165) is 43.4 Å². The van der Waals surface area contributed by atoms with Gasteiger partial charge in [0, 0.05) is 32.2 Å². The molecule has 0 unspecified atom stereocenters. The molecule has 2 aromatic heterocycles. The lowest BCUT2D eigenvalue weighted by molar-refractivity contribution is -0.0373. The fourth-order valence-corrected chi connectivity index (χ4v) is 4.38. The van der Waals surface area contributed by atoms with E-state index in [2.05, 4.69) is 38.1 Å². The second-order valence-corrected chi connectivity index (χ2v) is 7.13. The standard InChI is InChI=1S/C16H22N4OS/c1-12-10-20(7-8-21-12)13-2-5-19(6-3-13)15-14-4-9-22-16(14)18-11-17-15/h4,9,11-13H,2-3,5-8,10H2,1H3/t12-/m1/s1. The van der Waals surface area contributed by atoms with Crippen LogP contribution in [-0.2, 0) is 4.74 Å². The van der Waals surface area contributed by atoms with Crippen LogP contribution >= 0.6 is 11.3 Å². The molecule has 0 saturated carbocycles. The summed E-state index contributed by atoms with van der Waals surface area (Å²) in [4.78, 5) is 15.0. The van der Waals surface area contributed by atoms with Crippen LogP contribution in [0.2, 0.25) is 0 Å². The smallest absolute Gasteiger partial charge is 0.140 e. The highest BCUT2D eigenvalue weighted by atomic mass is 32.1. The minimum atomic E-state index is 0.374. The molecule has 0 N–H and O–H groups in total. The molecule has 2 aromatic rings. The molecule has 22 heavy (non-hydrogen) atoms. The highest BCUT2D eigenvalue weighted by Gasteiger charge is 2.28. The van der Waals surface area contributed by atoms with Gasteiger partial charge in [-0.05, 0) is 31.2 Å². The summed E-state index contributed by atoms with van der Waals surface area (Å²) in [5.74, 6) is 1.11. The Bertz CT molecular complexity index is 638. The van der Waals surface area contributed by atoms with Gasteiger partial charge < -0.3 is 9.64 Å². The Hall–Kier alpha value is -1.24. The van der Waals surface area contributed by atoms with E-state index in [0.29, 0.717) is 12.1 Å². The number of anilines is 1. The molecule has 0 amide bonds. The molecule has 118 valence electrons. The maximum absolute atomic E-state index is 5.66. The molecule has 5 nitrogen and oxygen atoms in total. The van der Waals surface area contributed by atoms with Crippen molar-refractivity contribution in [1.82, 2.24) is 14.9 Å². The van der Waals surface area contributed by atoms with Gasteiger partial charge >= 0.3 is 0 Å². The number of ether oxygens (including phenoxy) is 1. The van der Waals surface area contributed by atoms with Gasteiger partial charge in [-0.1, -0.05) is 0 Å². The van der Waals surface area contributed by atoms with Crippen LogP contribution in [0.3, 0.4) is 0 Å². The third-order valence-electron chi connectivity index (χ3n) is 4.79. The molecule has 2 fully saturated rings. The van der Waals surface area contributed by atoms with Crippen LogP contribution in [0, 0.1) is 0 Å². The number of rotatable bonds is 2. The second-order valence-electron chi connectivity index (χ2n) is 6.23. The maximum atomic E-state index is 5.66. The zero-order chi connectivity index (χ0) is 14.9. The number of nitrogens with zero attached hydrogens (tertiary/aromatic N) is 4. The third-order valence-corrected chi connectivity index (χ3v) is 5.61. The van der Waals surface area contributed by atoms with Crippen molar-refractivity contribution < 1.29 is 4.74 Å². The minimum Gasteiger partial charge on any atom is -0.376 e. The van der Waals surface area contributed by atoms with E-state index in [1.807, 2.05) is 0 Å². The van der Waals surface area contributed by atoms with Crippen LogP contribution in [0.4, 0.5) is 5.82 Å². The maximum Gasteiger partial charge on any atom is 0.140 e. The first-order valence-electron chi connectivity index (χ1n) is 8.10. The van der Waals surface area contributed by atoms with Gasteiger partial charge in [0.2, 0.25) is 0 Å². The molecule has 4 rings (SSSR count). The van der Waals surface area contributed by atoms with Gasteiger partial charge in [0.1, 0.15) is 17.0 Å². The molecule has 1 atom stereocenters. The first-order valence-corrected chi connectivity index (χ1v) is 8.98. The Kier molecular flexibility index (Phi) is 3.98. The van der Waals surface area contributed by atoms with Crippen molar-refractivity contribution in [2.45, 2.75) is 31.9 Å². The average molecular weight is 318 g/mol. The Morgan fingerprint density at radius 3 is 2.91 bits per heavy atom. The second kappa shape index (κ2) is 6.10. The molecule has 6 heteroatoms. The van der Waals surface area contributed by atoms with Crippen LogP contribution in [-0.4, -0.2) is 59.8 Å². The summed E-state index contributed by atoms with van der Waals surface area (Å²) >= 11 is 1.69. The predicted molar refractivity (Wildman–Crippen MR) is 89.6 cm³/mol. The molecule has 0 radical (unpaired) electrons. The molecule has 0 aliphatic carbocycles. The number of piperidine rings is 1. The molecular formula is C16H22N4OS. The number of fused-ring (bicyclic) bond motifs is 1. The van der Waals surface area contributed by atoms with E-state index in [-0.39, 0.29) is 0 Å². The van der Waals surface area contributed by atoms with Crippen molar-refractivity contribution >= 4 is 27.4 Å². The Labute approximate surface area is 134 Å². The molecule has 0 spiro atoms. The van der Waals surface area contributed by atoms with Crippen LogP contribution in [0.25, 0.3) is 10.2 Å². The van der Waals surface area contributed by atoms with E-state index in [4.69, 9.17) is 4.74 Å². The van der Waals surface area contributed by atoms with E-state index in [1.54, 1.807) is 17.7 Å². The van der Waals surface area contributed by atoms with Crippen molar-refractivity contribution in [3.05, 3.63) is 17.8 Å². The van der Waals surface area contributed by atoms with E-state index < -0.39 is 0 Å². The first-order chi connectivity index (χ1) is 10.8. The number of thiophene rings is 1. The monoisotopic (exact) mass is 318 g/mol. The average Bonchev–Trinajstić information content (AvgIpc) is 3.04. The lowest BCUT2D eigenvalue weighted by Gasteiger charge is -2.42. The van der Waals surface area contributed by atoms with Gasteiger partial charge in [0.25, 0.3) is 0 Å². The SMILES string of the molecule is C[C@@H]1CN(C2CCN(c3ncnc4sccc34)CC2)CCO1. The Balaban J connectivity index is 1.44. The van der Waals surface area contributed by atoms with Crippen molar-refractivity contribution in [3.63, 3.8) is 0 Å². The van der Waals surface area contributed by atoms with Gasteiger partial charge in [0.05, 0.1) is 18.1 Å². The Morgan fingerprint density at radius 2 is 2.09 bits per heavy atom. The molecule has 2 aliphatic heterocycles. The topological polar surface area (TPSA) is 41.5 Å². The summed E-state index contributed by atoms with van der Waals surface area (Å²) in [7, 11) is 0. The van der Waals surface area contributed by atoms with Crippen LogP contribution in [0.5, 0.6) is 0 Å². The van der Waals surface area contributed by atoms with E-state index in [1.165, 1.54) is 18.2 Å². The van der Waals surface area contributed by atoms with Crippen molar-refractivity contribution in [3.8, 4) is 0 Å². The van der Waals surface area contributed by atoms with Crippen molar-refractivity contribution in [2.24, 2.45) is 0 Å². The summed E-state index contributed by atoms with van der Waals surface area (Å²) < 4.78 is 5.66. The van der Waals surface area contributed by atoms with Crippen LogP contribution < -0.4 is 4.90 Å². The largest absolute Gasteiger partial charge is 0.376 e. The van der Waals surface area contributed by atoms with E-state index >= 15 is 0 Å². The van der Waals surface area contributed by atoms with Gasteiger partial charge in [-0.15, -0.1) is 11.3 Å². The zero-order valence-corrected chi connectivity index (χ0v) is 13.8. The lowest BCUT2D eigenvalue weighted by Crippen LogP contribution is -2.51. The van der Waals surface area contributed by atoms with Gasteiger partial charge in [-0.3, -0.25) is 4.90 Å². The fourth-order valence-electron chi connectivity index (χ4n) is 3.65. The first kappa shape index (κ1) is 14.4. The molecule has 2 aliphatic rings.